The van der Waals surface area contributed by atoms with Crippen LogP contribution in [-0.2, 0) is 10.3 Å². The fourth-order valence-electron chi connectivity index (χ4n) is 4.57. The van der Waals surface area contributed by atoms with Gasteiger partial charge in [-0.1, -0.05) is 48.5 Å². The van der Waals surface area contributed by atoms with Gasteiger partial charge in [0.05, 0.1) is 0 Å². The third-order valence-electron chi connectivity index (χ3n) is 5.71. The van der Waals surface area contributed by atoms with Gasteiger partial charge in [0.1, 0.15) is 0 Å². The maximum atomic E-state index is 6.69. The quantitative estimate of drug-likeness (QED) is 0.307. The number of thiophene rings is 2. The molecule has 0 N–H and O–H groups in total. The second-order valence-corrected chi connectivity index (χ2v) is 9.20. The van der Waals surface area contributed by atoms with E-state index in [0.29, 0.717) is 6.61 Å². The van der Waals surface area contributed by atoms with Crippen LogP contribution in [0.4, 0.5) is 0 Å². The molecule has 0 saturated heterocycles. The van der Waals surface area contributed by atoms with Crippen LogP contribution in [0.2, 0.25) is 0 Å². The number of rotatable bonds is 3. The first-order valence-corrected chi connectivity index (χ1v) is 11.3. The molecular formula is C25H18OS2. The minimum Gasteiger partial charge on any atom is -0.360 e. The molecule has 2 heterocycles. The third-order valence-corrected chi connectivity index (χ3v) is 7.90. The lowest BCUT2D eigenvalue weighted by Crippen LogP contribution is -2.29. The molecule has 5 aromatic rings. The summed E-state index contributed by atoms with van der Waals surface area (Å²) in [7, 11) is 0. The standard InChI is InChI=1S/C25H18OS2/c1-2-26-25(24-15-23-22(28-24)11-12-27-23)20-10-6-5-9-18(20)19-13-16-7-3-4-8-17(16)14-21(19)25/h3-15H,2H2,1H3. The Morgan fingerprint density at radius 2 is 1.57 bits per heavy atom. The van der Waals surface area contributed by atoms with Crippen molar-refractivity contribution in [1.29, 1.82) is 0 Å². The molecule has 1 nitrogen and oxygen atoms in total. The number of ether oxygens (including phenoxy) is 1. The van der Waals surface area contributed by atoms with Gasteiger partial charge in [0.25, 0.3) is 0 Å². The van der Waals surface area contributed by atoms with Crippen molar-refractivity contribution in [3.63, 3.8) is 0 Å². The van der Waals surface area contributed by atoms with Gasteiger partial charge in [0, 0.05) is 32.0 Å². The van der Waals surface area contributed by atoms with Crippen LogP contribution in [0.15, 0.2) is 78.2 Å². The lowest BCUT2D eigenvalue weighted by Gasteiger charge is -2.31. The highest BCUT2D eigenvalue weighted by atomic mass is 32.1. The summed E-state index contributed by atoms with van der Waals surface area (Å²) in [6.45, 7) is 2.76. The van der Waals surface area contributed by atoms with E-state index in [-0.39, 0.29) is 0 Å². The largest absolute Gasteiger partial charge is 0.360 e. The first-order valence-electron chi connectivity index (χ1n) is 9.56. The molecular weight excluding hydrogens is 380 g/mol. The van der Waals surface area contributed by atoms with E-state index < -0.39 is 5.60 Å². The molecule has 0 radical (unpaired) electrons. The zero-order valence-electron chi connectivity index (χ0n) is 15.4. The van der Waals surface area contributed by atoms with Gasteiger partial charge in [-0.3, -0.25) is 0 Å². The van der Waals surface area contributed by atoms with Crippen molar-refractivity contribution in [2.45, 2.75) is 12.5 Å². The minimum atomic E-state index is -0.534. The Kier molecular flexibility index (Phi) is 3.54. The predicted molar refractivity (Wildman–Crippen MR) is 121 cm³/mol. The number of benzene rings is 3. The van der Waals surface area contributed by atoms with Crippen LogP contribution in [-0.4, -0.2) is 6.61 Å². The van der Waals surface area contributed by atoms with Crippen LogP contribution >= 0.6 is 22.7 Å². The molecule has 0 spiro atoms. The van der Waals surface area contributed by atoms with E-state index in [2.05, 4.69) is 85.1 Å². The van der Waals surface area contributed by atoms with E-state index in [4.69, 9.17) is 4.74 Å². The highest BCUT2D eigenvalue weighted by molar-refractivity contribution is 7.27. The fraction of sp³-hybridized carbons (Fsp3) is 0.120. The SMILES string of the molecule is CCOC1(c2cc3sccc3s2)c2ccccc2-c2cc3ccccc3cc21. The van der Waals surface area contributed by atoms with Gasteiger partial charge < -0.3 is 4.74 Å². The smallest absolute Gasteiger partial charge is 0.154 e. The third kappa shape index (κ3) is 2.10. The fourth-order valence-corrected chi connectivity index (χ4v) is 6.86. The molecule has 1 aliphatic carbocycles. The first-order chi connectivity index (χ1) is 13.8. The van der Waals surface area contributed by atoms with E-state index >= 15 is 0 Å². The Hall–Kier alpha value is -2.46. The Labute approximate surface area is 171 Å². The van der Waals surface area contributed by atoms with Crippen LogP contribution < -0.4 is 0 Å². The van der Waals surface area contributed by atoms with E-state index in [1.807, 2.05) is 11.3 Å². The zero-order chi connectivity index (χ0) is 18.7. The van der Waals surface area contributed by atoms with Crippen molar-refractivity contribution in [3.05, 3.63) is 94.2 Å². The van der Waals surface area contributed by atoms with Gasteiger partial charge in [0.2, 0.25) is 0 Å². The van der Waals surface area contributed by atoms with Crippen LogP contribution in [0.3, 0.4) is 0 Å². The monoisotopic (exact) mass is 398 g/mol. The van der Waals surface area contributed by atoms with Crippen molar-refractivity contribution < 1.29 is 4.74 Å². The predicted octanol–water partition coefficient (Wildman–Crippen LogP) is 7.42. The second-order valence-electron chi connectivity index (χ2n) is 7.16. The van der Waals surface area contributed by atoms with Crippen LogP contribution in [0.1, 0.15) is 22.9 Å². The molecule has 0 saturated carbocycles. The molecule has 136 valence electrons. The lowest BCUT2D eigenvalue weighted by molar-refractivity contribution is 0.0279. The van der Waals surface area contributed by atoms with Gasteiger partial charge in [0.15, 0.2) is 5.60 Å². The summed E-state index contributed by atoms with van der Waals surface area (Å²) in [5.41, 5.74) is 4.57. The molecule has 1 atom stereocenters. The molecule has 0 aliphatic heterocycles. The van der Waals surface area contributed by atoms with Gasteiger partial charge in [-0.15, -0.1) is 22.7 Å². The molecule has 2 aromatic heterocycles. The minimum absolute atomic E-state index is 0.534. The average Bonchev–Trinajstić information content (AvgIpc) is 3.39. The Bertz CT molecular complexity index is 1310. The summed E-state index contributed by atoms with van der Waals surface area (Å²) in [5.74, 6) is 0. The maximum absolute atomic E-state index is 6.69. The van der Waals surface area contributed by atoms with E-state index in [1.165, 1.54) is 47.3 Å². The van der Waals surface area contributed by atoms with Crippen LogP contribution in [0.5, 0.6) is 0 Å². The van der Waals surface area contributed by atoms with Gasteiger partial charge >= 0.3 is 0 Å². The highest BCUT2D eigenvalue weighted by Crippen LogP contribution is 2.56. The molecule has 0 fully saturated rings. The summed E-state index contributed by atoms with van der Waals surface area (Å²) in [5, 5.41) is 4.70. The van der Waals surface area contributed by atoms with Crippen LogP contribution in [0.25, 0.3) is 31.3 Å². The first kappa shape index (κ1) is 16.5. The molecule has 0 amide bonds. The van der Waals surface area contributed by atoms with E-state index in [0.717, 1.165) is 0 Å². The highest BCUT2D eigenvalue weighted by Gasteiger charge is 2.47. The number of fused-ring (bicyclic) bond motifs is 5. The van der Waals surface area contributed by atoms with E-state index in [1.54, 1.807) is 11.3 Å². The van der Waals surface area contributed by atoms with Crippen molar-refractivity contribution in [1.82, 2.24) is 0 Å². The summed E-state index contributed by atoms with van der Waals surface area (Å²) >= 11 is 3.66. The maximum Gasteiger partial charge on any atom is 0.154 e. The van der Waals surface area contributed by atoms with Crippen molar-refractivity contribution in [2.24, 2.45) is 0 Å². The number of hydrogen-bond donors (Lipinski definition) is 0. The Morgan fingerprint density at radius 3 is 2.39 bits per heavy atom. The normalized spacial score (nSPS) is 17.9. The van der Waals surface area contributed by atoms with E-state index in [9.17, 15) is 0 Å². The van der Waals surface area contributed by atoms with Crippen molar-refractivity contribution in [3.8, 4) is 11.1 Å². The molecule has 1 aliphatic rings. The van der Waals surface area contributed by atoms with Gasteiger partial charge in [-0.2, -0.15) is 0 Å². The summed E-state index contributed by atoms with van der Waals surface area (Å²) in [6.07, 6.45) is 0. The Balaban J connectivity index is 1.75. The lowest BCUT2D eigenvalue weighted by atomic mass is 9.88. The molecule has 6 rings (SSSR count). The van der Waals surface area contributed by atoms with Gasteiger partial charge in [-0.05, 0) is 58.5 Å². The summed E-state index contributed by atoms with van der Waals surface area (Å²) < 4.78 is 9.37. The molecule has 3 aromatic carbocycles. The van der Waals surface area contributed by atoms with Gasteiger partial charge in [-0.25, -0.2) is 0 Å². The Morgan fingerprint density at radius 1 is 0.786 bits per heavy atom. The molecule has 3 heteroatoms. The van der Waals surface area contributed by atoms with Crippen molar-refractivity contribution in [2.75, 3.05) is 6.61 Å². The topological polar surface area (TPSA) is 9.23 Å². The summed E-state index contributed by atoms with van der Waals surface area (Å²) in [6, 6.07) is 26.6. The number of hydrogen-bond acceptors (Lipinski definition) is 3. The molecule has 28 heavy (non-hydrogen) atoms. The summed E-state index contributed by atoms with van der Waals surface area (Å²) in [4.78, 5) is 1.28. The second kappa shape index (κ2) is 6.02. The van der Waals surface area contributed by atoms with Crippen LogP contribution in [0, 0.1) is 0 Å². The zero-order valence-corrected chi connectivity index (χ0v) is 17.1. The molecule has 1 unspecified atom stereocenters. The average molecular weight is 399 g/mol. The van der Waals surface area contributed by atoms with Crippen molar-refractivity contribution >= 4 is 42.8 Å². The molecule has 0 bridgehead atoms.